The molecule has 242 valence electrons. The summed E-state index contributed by atoms with van der Waals surface area (Å²) in [4.78, 5) is 25.3. The summed E-state index contributed by atoms with van der Waals surface area (Å²) >= 11 is 17.4. The average Bonchev–Trinajstić information content (AvgIpc) is 3.02. The van der Waals surface area contributed by atoms with E-state index in [0.717, 1.165) is 11.1 Å². The maximum absolute atomic E-state index is 13.0. The molecular formula is C32H34Cl3NO9. The SMILES string of the molecule is COc1ccc(O[C@@H]2O[C@H](COCc3ccccc3)[C@@H](OC(C)=O)[C@H](OCc3ccccc3)[C@H]2NC(=O)OCC(Cl)(Cl)Cl)cc1. The van der Waals surface area contributed by atoms with Crippen LogP contribution in [0, 0.1) is 0 Å². The van der Waals surface area contributed by atoms with Gasteiger partial charge in [-0.15, -0.1) is 0 Å². The van der Waals surface area contributed by atoms with Crippen LogP contribution in [0.2, 0.25) is 0 Å². The molecule has 10 nitrogen and oxygen atoms in total. The van der Waals surface area contributed by atoms with Crippen molar-refractivity contribution in [2.45, 2.75) is 54.6 Å². The standard InChI is InChI=1S/C32H34Cl3NO9/c1-21(37)43-28-26(19-40-17-22-9-5-3-6-10-22)45-30(44-25-15-13-24(39-2)14-16-25)27(36-31(38)42-20-32(33,34)35)29(28)41-18-23-11-7-4-8-12-23/h3-16,26-30H,17-20H2,1-2H3,(H,36,38)/t26-,27-,28-,29-,30-/m1/s1. The Bertz CT molecular complexity index is 1340. The number of rotatable bonds is 13. The van der Waals surface area contributed by atoms with Crippen LogP contribution in [0.25, 0.3) is 0 Å². The third kappa shape index (κ3) is 11.2. The number of alkyl halides is 3. The number of esters is 1. The second-order valence-corrected chi connectivity index (χ2v) is 12.5. The van der Waals surface area contributed by atoms with Crippen molar-refractivity contribution in [1.29, 1.82) is 0 Å². The molecule has 1 heterocycles. The Labute approximate surface area is 276 Å². The molecular weight excluding hydrogens is 649 g/mol. The summed E-state index contributed by atoms with van der Waals surface area (Å²) in [6.45, 7) is 1.13. The van der Waals surface area contributed by atoms with Gasteiger partial charge in [-0.2, -0.15) is 0 Å². The molecule has 0 spiro atoms. The highest BCUT2D eigenvalue weighted by atomic mass is 35.6. The first-order chi connectivity index (χ1) is 21.6. The molecule has 1 aliphatic heterocycles. The molecule has 45 heavy (non-hydrogen) atoms. The Morgan fingerprint density at radius 2 is 1.44 bits per heavy atom. The lowest BCUT2D eigenvalue weighted by atomic mass is 9.96. The smallest absolute Gasteiger partial charge is 0.407 e. The summed E-state index contributed by atoms with van der Waals surface area (Å²) < 4.78 is 39.3. The number of halogens is 3. The van der Waals surface area contributed by atoms with Crippen LogP contribution in [0.4, 0.5) is 4.79 Å². The minimum atomic E-state index is -1.84. The van der Waals surface area contributed by atoms with Gasteiger partial charge in [0.15, 0.2) is 6.10 Å². The number of alkyl carbamates (subject to hydrolysis) is 1. The Kier molecular flexibility index (Phi) is 13.0. The second kappa shape index (κ2) is 16.9. The molecule has 0 unspecified atom stereocenters. The minimum Gasteiger partial charge on any atom is -0.497 e. The van der Waals surface area contributed by atoms with E-state index < -0.39 is 53.1 Å². The van der Waals surface area contributed by atoms with E-state index in [1.807, 2.05) is 60.7 Å². The van der Waals surface area contributed by atoms with E-state index in [9.17, 15) is 9.59 Å². The van der Waals surface area contributed by atoms with Gasteiger partial charge < -0.3 is 38.5 Å². The van der Waals surface area contributed by atoms with Gasteiger partial charge in [0.05, 0.1) is 26.9 Å². The first-order valence-electron chi connectivity index (χ1n) is 14.0. The molecule has 1 amide bonds. The van der Waals surface area contributed by atoms with Gasteiger partial charge in [0.2, 0.25) is 10.1 Å². The van der Waals surface area contributed by atoms with Gasteiger partial charge in [0, 0.05) is 6.92 Å². The van der Waals surface area contributed by atoms with Crippen molar-refractivity contribution >= 4 is 46.9 Å². The summed E-state index contributed by atoms with van der Waals surface area (Å²) in [7, 11) is 1.55. The number of hydrogen-bond donors (Lipinski definition) is 1. The van der Waals surface area contributed by atoms with Crippen molar-refractivity contribution in [1.82, 2.24) is 5.32 Å². The number of methoxy groups -OCH3 is 1. The zero-order valence-corrected chi connectivity index (χ0v) is 26.9. The van der Waals surface area contributed by atoms with Gasteiger partial charge >= 0.3 is 12.1 Å². The fraction of sp³-hybridized carbons (Fsp3) is 0.375. The van der Waals surface area contributed by atoms with E-state index in [1.165, 1.54) is 6.92 Å². The highest BCUT2D eigenvalue weighted by Crippen LogP contribution is 2.31. The first kappa shape index (κ1) is 34.6. The number of hydrogen-bond acceptors (Lipinski definition) is 9. The molecule has 3 aromatic rings. The molecule has 5 atom stereocenters. The zero-order chi connectivity index (χ0) is 32.2. The van der Waals surface area contributed by atoms with E-state index >= 15 is 0 Å². The molecule has 1 aliphatic rings. The van der Waals surface area contributed by atoms with E-state index in [2.05, 4.69) is 5.32 Å². The Balaban J connectivity index is 1.65. The predicted octanol–water partition coefficient (Wildman–Crippen LogP) is 6.00. The summed E-state index contributed by atoms with van der Waals surface area (Å²) in [5, 5.41) is 2.71. The maximum Gasteiger partial charge on any atom is 0.407 e. The molecule has 4 rings (SSSR count). The molecule has 1 fully saturated rings. The minimum absolute atomic E-state index is 0.00490. The van der Waals surface area contributed by atoms with Crippen LogP contribution in [0.15, 0.2) is 84.9 Å². The van der Waals surface area contributed by atoms with Crippen LogP contribution >= 0.6 is 34.8 Å². The number of nitrogens with one attached hydrogen (secondary N) is 1. The summed E-state index contributed by atoms with van der Waals surface area (Å²) in [5.41, 5.74) is 1.78. The summed E-state index contributed by atoms with van der Waals surface area (Å²) in [6, 6.07) is 24.6. The average molecular weight is 683 g/mol. The first-order valence-corrected chi connectivity index (χ1v) is 15.2. The molecule has 0 aliphatic carbocycles. The van der Waals surface area contributed by atoms with Crippen molar-refractivity contribution in [3.8, 4) is 11.5 Å². The quantitative estimate of drug-likeness (QED) is 0.172. The fourth-order valence-electron chi connectivity index (χ4n) is 4.57. The normalized spacial score (nSPS) is 21.4. The third-order valence-corrected chi connectivity index (χ3v) is 6.92. The number of carbonyl (C=O) groups excluding carboxylic acids is 2. The third-order valence-electron chi connectivity index (χ3n) is 6.59. The lowest BCUT2D eigenvalue weighted by Gasteiger charge is -2.45. The van der Waals surface area contributed by atoms with Gasteiger partial charge in [0.1, 0.15) is 36.4 Å². The maximum atomic E-state index is 13.0. The highest BCUT2D eigenvalue weighted by Gasteiger charge is 2.51. The molecule has 1 saturated heterocycles. The summed E-state index contributed by atoms with van der Waals surface area (Å²) in [6.07, 6.45) is -5.01. The van der Waals surface area contributed by atoms with Gasteiger partial charge in [-0.25, -0.2) is 4.79 Å². The largest absolute Gasteiger partial charge is 0.497 e. The number of carbonyl (C=O) groups is 2. The van der Waals surface area contributed by atoms with Gasteiger partial charge in [-0.05, 0) is 35.4 Å². The van der Waals surface area contributed by atoms with Crippen LogP contribution in [0.3, 0.4) is 0 Å². The van der Waals surface area contributed by atoms with E-state index in [4.69, 9.17) is 68.0 Å². The van der Waals surface area contributed by atoms with Crippen LogP contribution in [-0.4, -0.2) is 66.8 Å². The van der Waals surface area contributed by atoms with Crippen molar-refractivity contribution in [2.24, 2.45) is 0 Å². The second-order valence-electron chi connectivity index (χ2n) is 10.0. The molecule has 0 radical (unpaired) electrons. The number of ether oxygens (including phenoxy) is 7. The van der Waals surface area contributed by atoms with Crippen LogP contribution in [-0.2, 0) is 41.7 Å². The lowest BCUT2D eigenvalue weighted by Crippen LogP contribution is -2.67. The monoisotopic (exact) mass is 681 g/mol. The van der Waals surface area contributed by atoms with Gasteiger partial charge in [-0.1, -0.05) is 95.5 Å². The van der Waals surface area contributed by atoms with Crippen molar-refractivity contribution in [2.75, 3.05) is 20.3 Å². The van der Waals surface area contributed by atoms with E-state index in [-0.39, 0.29) is 19.8 Å². The van der Waals surface area contributed by atoms with Gasteiger partial charge in [0.25, 0.3) is 0 Å². The van der Waals surface area contributed by atoms with Crippen LogP contribution in [0.5, 0.6) is 11.5 Å². The van der Waals surface area contributed by atoms with E-state index in [1.54, 1.807) is 31.4 Å². The van der Waals surface area contributed by atoms with Crippen LogP contribution < -0.4 is 14.8 Å². The fourth-order valence-corrected chi connectivity index (χ4v) is 4.73. The number of benzene rings is 3. The number of amides is 1. The lowest BCUT2D eigenvalue weighted by molar-refractivity contribution is -0.263. The molecule has 0 aromatic heterocycles. The van der Waals surface area contributed by atoms with Crippen molar-refractivity contribution in [3.05, 3.63) is 96.1 Å². The Morgan fingerprint density at radius 1 is 0.844 bits per heavy atom. The molecule has 13 heteroatoms. The van der Waals surface area contributed by atoms with Gasteiger partial charge in [-0.3, -0.25) is 4.79 Å². The van der Waals surface area contributed by atoms with E-state index in [0.29, 0.717) is 11.5 Å². The van der Waals surface area contributed by atoms with Crippen molar-refractivity contribution < 1.29 is 42.7 Å². The molecule has 0 bridgehead atoms. The zero-order valence-electron chi connectivity index (χ0n) is 24.6. The Hall–Kier alpha value is -3.25. The van der Waals surface area contributed by atoms with Crippen molar-refractivity contribution in [3.63, 3.8) is 0 Å². The van der Waals surface area contributed by atoms with Crippen LogP contribution in [0.1, 0.15) is 18.1 Å². The highest BCUT2D eigenvalue weighted by molar-refractivity contribution is 6.67. The molecule has 1 N–H and O–H groups in total. The predicted molar refractivity (Wildman–Crippen MR) is 168 cm³/mol. The molecule has 0 saturated carbocycles. The Morgan fingerprint density at radius 3 is 2.02 bits per heavy atom. The topological polar surface area (TPSA) is 111 Å². The summed E-state index contributed by atoms with van der Waals surface area (Å²) in [5.74, 6) is 0.430. The molecule has 3 aromatic carbocycles.